The number of hydrogen-bond donors (Lipinski definition) is 0. The zero-order valence-corrected chi connectivity index (χ0v) is 23.5. The normalized spacial score (nSPS) is 23.2. The van der Waals surface area contributed by atoms with E-state index in [4.69, 9.17) is 0 Å². The van der Waals surface area contributed by atoms with E-state index in [9.17, 15) is 0 Å². The Hall–Kier alpha value is 0.688. The Morgan fingerprint density at radius 2 is 1.14 bits per heavy atom. The van der Waals surface area contributed by atoms with E-state index in [1.54, 1.807) is 36.3 Å². The molecule has 2 aliphatic heterocycles. The van der Waals surface area contributed by atoms with Gasteiger partial charge in [-0.25, -0.2) is 0 Å². The van der Waals surface area contributed by atoms with E-state index in [1.165, 1.54) is 51.4 Å². The van der Waals surface area contributed by atoms with Crippen molar-refractivity contribution in [3.05, 3.63) is 42.5 Å². The van der Waals surface area contributed by atoms with Crippen molar-refractivity contribution in [2.75, 3.05) is 0 Å². The zero-order valence-electron chi connectivity index (χ0n) is 18.5. The summed E-state index contributed by atoms with van der Waals surface area (Å²) in [5, 5.41) is 3.97. The van der Waals surface area contributed by atoms with Gasteiger partial charge in [-0.2, -0.15) is 0 Å². The average molecular weight is 502 g/mol. The first kappa shape index (κ1) is 25.9. The van der Waals surface area contributed by atoms with E-state index in [0.29, 0.717) is 0 Å². The third-order valence-electron chi connectivity index (χ3n) is 7.95. The fourth-order valence-corrected chi connectivity index (χ4v) is 20.4. The molecule has 0 N–H and O–H groups in total. The minimum absolute atomic E-state index is 0. The molecule has 0 saturated carbocycles. The van der Waals surface area contributed by atoms with Gasteiger partial charge in [0.2, 0.25) is 0 Å². The third kappa shape index (κ3) is 5.20. The van der Waals surface area contributed by atoms with Crippen LogP contribution in [0.3, 0.4) is 0 Å². The van der Waals surface area contributed by atoms with Crippen molar-refractivity contribution in [2.24, 2.45) is 0 Å². The summed E-state index contributed by atoms with van der Waals surface area (Å²) < 4.78 is 3.99. The van der Waals surface area contributed by atoms with Crippen LogP contribution in [-0.4, -0.2) is 16.1 Å². The Morgan fingerprint density at radius 3 is 1.45 bits per heavy atom. The monoisotopic (exact) mass is 500 g/mol. The fourth-order valence-electron chi connectivity index (χ4n) is 5.97. The quantitative estimate of drug-likeness (QED) is 0.402. The Bertz CT molecular complexity index is 627. The molecule has 0 bridgehead atoms. The molecular weight excluding hydrogens is 463 g/mol. The van der Waals surface area contributed by atoms with Crippen molar-refractivity contribution in [3.8, 4) is 0 Å². The summed E-state index contributed by atoms with van der Waals surface area (Å²) in [6.45, 7) is 4.77. The molecule has 2 saturated heterocycles. The van der Waals surface area contributed by atoms with Gasteiger partial charge in [0.1, 0.15) is 0 Å². The molecule has 160 valence electrons. The molecule has 0 aromatic carbocycles. The van der Waals surface area contributed by atoms with Crippen LogP contribution < -0.4 is 24.8 Å². The molecule has 0 nitrogen and oxygen atoms in total. The van der Waals surface area contributed by atoms with Crippen molar-refractivity contribution in [1.82, 2.24) is 0 Å². The SMILES string of the molecule is CCCC[Si]1(C2=[C]([Ti+2][C]3=C([Si]4(CCCC)CCC4)C=CC3)CC=C2)CCC1.[Cl-].[Cl-]. The van der Waals surface area contributed by atoms with Crippen LogP contribution in [0.5, 0.6) is 0 Å². The smallest absolute Gasteiger partial charge is 1.00 e. The van der Waals surface area contributed by atoms with E-state index in [-0.39, 0.29) is 44.0 Å². The van der Waals surface area contributed by atoms with Gasteiger partial charge in [0.15, 0.2) is 0 Å². The molecule has 0 atom stereocenters. The molecule has 0 spiro atoms. The molecule has 0 aromatic rings. The molecule has 0 unspecified atom stereocenters. The van der Waals surface area contributed by atoms with Crippen LogP contribution >= 0.6 is 0 Å². The summed E-state index contributed by atoms with van der Waals surface area (Å²) in [5.41, 5.74) is 0. The Labute approximate surface area is 202 Å². The number of rotatable bonds is 10. The second kappa shape index (κ2) is 11.5. The van der Waals surface area contributed by atoms with Crippen LogP contribution in [0, 0.1) is 0 Å². The summed E-state index contributed by atoms with van der Waals surface area (Å²) in [5.74, 6) is 0. The molecule has 0 radical (unpaired) electrons. The third-order valence-corrected chi connectivity index (χ3v) is 22.2. The molecule has 5 heteroatoms. The number of halogens is 2. The molecule has 2 aliphatic carbocycles. The van der Waals surface area contributed by atoms with Crippen molar-refractivity contribution >= 4 is 16.1 Å². The second-order valence-electron chi connectivity index (χ2n) is 9.60. The maximum Gasteiger partial charge on any atom is -1.00 e. The van der Waals surface area contributed by atoms with Crippen molar-refractivity contribution in [2.45, 2.75) is 101 Å². The number of unbranched alkanes of at least 4 members (excludes halogenated alkanes) is 2. The maximum atomic E-state index is 2.64. The molecule has 0 amide bonds. The van der Waals surface area contributed by atoms with Gasteiger partial charge in [-0.15, -0.1) is 0 Å². The van der Waals surface area contributed by atoms with Crippen molar-refractivity contribution in [3.63, 3.8) is 0 Å². The molecule has 4 rings (SSSR count). The molecule has 29 heavy (non-hydrogen) atoms. The topological polar surface area (TPSA) is 0 Å². The van der Waals surface area contributed by atoms with Gasteiger partial charge in [0.25, 0.3) is 0 Å². The van der Waals surface area contributed by atoms with Gasteiger partial charge in [0.05, 0.1) is 0 Å². The maximum absolute atomic E-state index is 2.64. The van der Waals surface area contributed by atoms with Crippen LogP contribution in [0.4, 0.5) is 0 Å². The molecule has 2 fully saturated rings. The number of hydrogen-bond acceptors (Lipinski definition) is 0. The molecular formula is C24H38Cl2Si2Ti. The largest absolute Gasteiger partial charge is 1.00 e. The first-order valence-electron chi connectivity index (χ1n) is 11.8. The van der Waals surface area contributed by atoms with Gasteiger partial charge in [-0.05, 0) is 0 Å². The summed E-state index contributed by atoms with van der Waals surface area (Å²) in [7, 11) is -2.11. The molecule has 2 heterocycles. The van der Waals surface area contributed by atoms with Gasteiger partial charge in [-0.3, -0.25) is 0 Å². The van der Waals surface area contributed by atoms with E-state index in [1.807, 2.05) is 18.1 Å². The fraction of sp³-hybridized carbons (Fsp3) is 0.667. The van der Waals surface area contributed by atoms with Crippen LogP contribution in [0.25, 0.3) is 0 Å². The summed E-state index contributed by atoms with van der Waals surface area (Å²) in [6, 6.07) is 9.64. The molecule has 0 aromatic heterocycles. The van der Waals surface area contributed by atoms with Crippen molar-refractivity contribution < 1.29 is 44.0 Å². The Morgan fingerprint density at radius 1 is 0.724 bits per heavy atom. The first-order valence-corrected chi connectivity index (χ1v) is 18.6. The Balaban J connectivity index is 0.00000150. The Kier molecular flexibility index (Phi) is 10.3. The molecule has 4 aliphatic rings. The van der Waals surface area contributed by atoms with Crippen LogP contribution in [0.15, 0.2) is 42.5 Å². The minimum Gasteiger partial charge on any atom is -1.00 e. The van der Waals surface area contributed by atoms with Crippen LogP contribution in [0.1, 0.15) is 65.2 Å². The van der Waals surface area contributed by atoms with Crippen LogP contribution in [-0.2, 0) is 19.2 Å². The van der Waals surface area contributed by atoms with Gasteiger partial charge in [0, 0.05) is 0 Å². The summed E-state index contributed by atoms with van der Waals surface area (Å²) in [4.78, 5) is 0. The van der Waals surface area contributed by atoms with E-state index < -0.39 is 16.1 Å². The zero-order chi connectivity index (χ0) is 18.7. The average Bonchev–Trinajstić information content (AvgIpc) is 3.25. The summed E-state index contributed by atoms with van der Waals surface area (Å²) in [6.07, 6.45) is 21.8. The minimum atomic E-state index is -1.06. The summed E-state index contributed by atoms with van der Waals surface area (Å²) >= 11 is -0.0316. The number of allylic oxidation sites excluding steroid dienone is 8. The van der Waals surface area contributed by atoms with E-state index in [0.717, 1.165) is 0 Å². The van der Waals surface area contributed by atoms with E-state index >= 15 is 0 Å². The second-order valence-corrected chi connectivity index (χ2v) is 21.1. The predicted molar refractivity (Wildman–Crippen MR) is 121 cm³/mol. The van der Waals surface area contributed by atoms with Gasteiger partial charge < -0.3 is 24.8 Å². The van der Waals surface area contributed by atoms with E-state index in [2.05, 4.69) is 38.2 Å². The first-order chi connectivity index (χ1) is 13.2. The van der Waals surface area contributed by atoms with Crippen molar-refractivity contribution in [1.29, 1.82) is 0 Å². The standard InChI is InChI=1S/2C12H19Si.2ClH.Ti/c2*1-2-3-9-13(10-6-11-13)12-7-4-5-8-12;;;/h2*4,7H,2-3,5-6,9-11H2,1H3;2*1H;/q;;;;+2/p-2. The predicted octanol–water partition coefficient (Wildman–Crippen LogP) is 1.89. The van der Waals surface area contributed by atoms with Gasteiger partial charge >= 0.3 is 179 Å². The van der Waals surface area contributed by atoms with Crippen LogP contribution in [0.2, 0.25) is 36.3 Å². The van der Waals surface area contributed by atoms with Gasteiger partial charge in [-0.1, -0.05) is 0 Å².